The van der Waals surface area contributed by atoms with Gasteiger partial charge in [-0.15, -0.1) is 11.8 Å². The second kappa shape index (κ2) is 4.82. The molecule has 2 unspecified atom stereocenters. The Labute approximate surface area is 111 Å². The second-order valence-corrected chi connectivity index (χ2v) is 6.18. The minimum Gasteiger partial charge on any atom is -0.381 e. The van der Waals surface area contributed by atoms with Crippen LogP contribution in [0.4, 0.5) is 11.4 Å². The SMILES string of the molecule is CC1Sc2ccc(NC3CCNC3)cc2NC1=O. The molecule has 4 nitrogen and oxygen atoms in total. The predicted octanol–water partition coefficient (Wildman–Crippen LogP) is 1.89. The monoisotopic (exact) mass is 263 g/mol. The zero-order valence-electron chi connectivity index (χ0n) is 10.3. The highest BCUT2D eigenvalue weighted by Crippen LogP contribution is 2.37. The Balaban J connectivity index is 1.78. The molecule has 0 aromatic heterocycles. The van der Waals surface area contributed by atoms with Crippen LogP contribution in [0.15, 0.2) is 23.1 Å². The Morgan fingerprint density at radius 1 is 1.44 bits per heavy atom. The minimum atomic E-state index is -0.00431. The highest BCUT2D eigenvalue weighted by molar-refractivity contribution is 8.00. The van der Waals surface area contributed by atoms with Gasteiger partial charge in [-0.25, -0.2) is 0 Å². The fourth-order valence-electron chi connectivity index (χ4n) is 2.31. The molecule has 1 aromatic carbocycles. The molecule has 3 rings (SSSR count). The van der Waals surface area contributed by atoms with Gasteiger partial charge in [-0.2, -0.15) is 0 Å². The molecule has 0 aliphatic carbocycles. The summed E-state index contributed by atoms with van der Waals surface area (Å²) in [7, 11) is 0. The van der Waals surface area contributed by atoms with Crippen molar-refractivity contribution in [1.29, 1.82) is 0 Å². The van der Waals surface area contributed by atoms with Crippen LogP contribution in [0.25, 0.3) is 0 Å². The molecule has 2 atom stereocenters. The zero-order valence-corrected chi connectivity index (χ0v) is 11.1. The van der Waals surface area contributed by atoms with Crippen molar-refractivity contribution in [3.05, 3.63) is 18.2 Å². The molecule has 0 saturated carbocycles. The third-order valence-corrected chi connectivity index (χ3v) is 4.52. The highest BCUT2D eigenvalue weighted by Gasteiger charge is 2.23. The van der Waals surface area contributed by atoms with Gasteiger partial charge in [0.25, 0.3) is 0 Å². The van der Waals surface area contributed by atoms with Crippen molar-refractivity contribution < 1.29 is 4.79 Å². The summed E-state index contributed by atoms with van der Waals surface area (Å²) in [5.41, 5.74) is 2.01. The molecule has 2 aliphatic rings. The topological polar surface area (TPSA) is 53.2 Å². The Morgan fingerprint density at radius 3 is 3.11 bits per heavy atom. The van der Waals surface area contributed by atoms with Gasteiger partial charge in [0.15, 0.2) is 0 Å². The first-order valence-electron chi connectivity index (χ1n) is 6.31. The fraction of sp³-hybridized carbons (Fsp3) is 0.462. The lowest BCUT2D eigenvalue weighted by Crippen LogP contribution is -2.27. The minimum absolute atomic E-state index is 0.00431. The zero-order chi connectivity index (χ0) is 12.5. The van der Waals surface area contributed by atoms with E-state index in [1.807, 2.05) is 13.0 Å². The lowest BCUT2D eigenvalue weighted by atomic mass is 10.2. The molecule has 96 valence electrons. The highest BCUT2D eigenvalue weighted by atomic mass is 32.2. The van der Waals surface area contributed by atoms with Crippen molar-refractivity contribution in [2.45, 2.75) is 29.5 Å². The predicted molar refractivity (Wildman–Crippen MR) is 75.3 cm³/mol. The number of rotatable bonds is 2. The van der Waals surface area contributed by atoms with Crippen LogP contribution in [0.2, 0.25) is 0 Å². The lowest BCUT2D eigenvalue weighted by molar-refractivity contribution is -0.115. The van der Waals surface area contributed by atoms with Gasteiger partial charge in [0.05, 0.1) is 10.9 Å². The largest absolute Gasteiger partial charge is 0.381 e. The number of anilines is 2. The van der Waals surface area contributed by atoms with Gasteiger partial charge in [0.2, 0.25) is 5.91 Å². The number of nitrogens with one attached hydrogen (secondary N) is 3. The van der Waals surface area contributed by atoms with Gasteiger partial charge < -0.3 is 16.0 Å². The number of hydrogen-bond acceptors (Lipinski definition) is 4. The van der Waals surface area contributed by atoms with E-state index in [0.717, 1.165) is 35.8 Å². The standard InChI is InChI=1S/C13H17N3OS/c1-8-13(17)16-11-6-9(2-3-12(11)18-8)15-10-4-5-14-7-10/h2-3,6,8,10,14-15H,4-5,7H2,1H3,(H,16,17). The Kier molecular flexibility index (Phi) is 3.18. The van der Waals surface area contributed by atoms with Gasteiger partial charge in [-0.1, -0.05) is 0 Å². The molecule has 3 N–H and O–H groups in total. The normalized spacial score (nSPS) is 26.6. The van der Waals surface area contributed by atoms with Crippen LogP contribution in [-0.2, 0) is 4.79 Å². The smallest absolute Gasteiger partial charge is 0.237 e. The van der Waals surface area contributed by atoms with E-state index < -0.39 is 0 Å². The molecule has 1 amide bonds. The number of amides is 1. The molecule has 1 fully saturated rings. The Morgan fingerprint density at radius 2 is 2.33 bits per heavy atom. The van der Waals surface area contributed by atoms with E-state index in [1.165, 1.54) is 0 Å². The van der Waals surface area contributed by atoms with Crippen LogP contribution in [0.5, 0.6) is 0 Å². The van der Waals surface area contributed by atoms with E-state index >= 15 is 0 Å². The van der Waals surface area contributed by atoms with Gasteiger partial charge in [0.1, 0.15) is 0 Å². The van der Waals surface area contributed by atoms with E-state index in [4.69, 9.17) is 0 Å². The van der Waals surface area contributed by atoms with Crippen LogP contribution >= 0.6 is 11.8 Å². The average molecular weight is 263 g/mol. The number of carbonyl (C=O) groups is 1. The molecule has 0 radical (unpaired) electrons. The van der Waals surface area contributed by atoms with Gasteiger partial charge in [-0.3, -0.25) is 4.79 Å². The molecule has 2 aliphatic heterocycles. The second-order valence-electron chi connectivity index (χ2n) is 4.79. The van der Waals surface area contributed by atoms with Crippen molar-refractivity contribution in [3.63, 3.8) is 0 Å². The Bertz CT molecular complexity index is 471. The summed E-state index contributed by atoms with van der Waals surface area (Å²) in [6.07, 6.45) is 1.15. The van der Waals surface area contributed by atoms with E-state index in [0.29, 0.717) is 6.04 Å². The maximum atomic E-state index is 11.7. The van der Waals surface area contributed by atoms with Crippen molar-refractivity contribution in [2.24, 2.45) is 0 Å². The summed E-state index contributed by atoms with van der Waals surface area (Å²) in [5, 5.41) is 9.78. The lowest BCUT2D eigenvalue weighted by Gasteiger charge is -2.22. The molecule has 0 bridgehead atoms. The van der Waals surface area contributed by atoms with E-state index in [1.54, 1.807) is 11.8 Å². The van der Waals surface area contributed by atoms with Crippen LogP contribution < -0.4 is 16.0 Å². The summed E-state index contributed by atoms with van der Waals surface area (Å²) >= 11 is 1.62. The first-order valence-corrected chi connectivity index (χ1v) is 7.19. The number of carbonyl (C=O) groups excluding carboxylic acids is 1. The van der Waals surface area contributed by atoms with Gasteiger partial charge in [-0.05, 0) is 38.1 Å². The van der Waals surface area contributed by atoms with Crippen molar-refractivity contribution in [1.82, 2.24) is 5.32 Å². The first kappa shape index (κ1) is 11.9. The third-order valence-electron chi connectivity index (χ3n) is 3.34. The van der Waals surface area contributed by atoms with Gasteiger partial charge in [0, 0.05) is 23.2 Å². The number of thioether (sulfide) groups is 1. The maximum Gasteiger partial charge on any atom is 0.237 e. The van der Waals surface area contributed by atoms with Crippen LogP contribution in [0.3, 0.4) is 0 Å². The van der Waals surface area contributed by atoms with E-state index in [2.05, 4.69) is 28.1 Å². The van der Waals surface area contributed by atoms with Gasteiger partial charge >= 0.3 is 0 Å². The summed E-state index contributed by atoms with van der Waals surface area (Å²) in [5.74, 6) is 0.0900. The van der Waals surface area contributed by atoms with Crippen molar-refractivity contribution >= 4 is 29.0 Å². The summed E-state index contributed by atoms with van der Waals surface area (Å²) in [4.78, 5) is 12.8. The first-order chi connectivity index (χ1) is 8.72. The summed E-state index contributed by atoms with van der Waals surface area (Å²) in [6.45, 7) is 4.02. The van der Waals surface area contributed by atoms with E-state index in [-0.39, 0.29) is 11.2 Å². The van der Waals surface area contributed by atoms with Crippen LogP contribution in [-0.4, -0.2) is 30.3 Å². The summed E-state index contributed by atoms with van der Waals surface area (Å²) in [6, 6.07) is 6.70. The number of benzene rings is 1. The maximum absolute atomic E-state index is 11.7. The van der Waals surface area contributed by atoms with Crippen molar-refractivity contribution in [3.8, 4) is 0 Å². The van der Waals surface area contributed by atoms with Crippen LogP contribution in [0, 0.1) is 0 Å². The fourth-order valence-corrected chi connectivity index (χ4v) is 3.24. The molecule has 0 spiro atoms. The molecule has 5 heteroatoms. The summed E-state index contributed by atoms with van der Waals surface area (Å²) < 4.78 is 0. The molecule has 1 saturated heterocycles. The van der Waals surface area contributed by atoms with E-state index in [9.17, 15) is 4.79 Å². The Hall–Kier alpha value is -1.20. The molecule has 1 aromatic rings. The quantitative estimate of drug-likeness (QED) is 0.763. The molecular formula is C13H17N3OS. The third kappa shape index (κ3) is 2.33. The molecular weight excluding hydrogens is 246 g/mol. The number of hydrogen-bond donors (Lipinski definition) is 3. The van der Waals surface area contributed by atoms with Crippen LogP contribution in [0.1, 0.15) is 13.3 Å². The molecule has 2 heterocycles. The average Bonchev–Trinajstić information content (AvgIpc) is 2.84. The van der Waals surface area contributed by atoms with Crippen molar-refractivity contribution in [2.75, 3.05) is 23.7 Å². The molecule has 18 heavy (non-hydrogen) atoms. The number of fused-ring (bicyclic) bond motifs is 1.